The molecule has 1 fully saturated rings. The van der Waals surface area contributed by atoms with Gasteiger partial charge in [-0.1, -0.05) is 12.5 Å². The molecule has 3 N–H and O–H groups in total. The number of carbonyl (C=O) groups is 1. The summed E-state index contributed by atoms with van der Waals surface area (Å²) in [5.74, 6) is 0.500. The van der Waals surface area contributed by atoms with E-state index in [4.69, 9.17) is 5.73 Å². The first-order valence-electron chi connectivity index (χ1n) is 7.61. The van der Waals surface area contributed by atoms with Crippen molar-refractivity contribution in [3.8, 4) is 0 Å². The molecule has 1 saturated carbocycles. The summed E-state index contributed by atoms with van der Waals surface area (Å²) in [6, 6.07) is 9.77. The molecule has 1 aromatic carbocycles. The van der Waals surface area contributed by atoms with Gasteiger partial charge >= 0.3 is 0 Å². The van der Waals surface area contributed by atoms with E-state index in [-0.39, 0.29) is 30.7 Å². The first kappa shape index (κ1) is 19.7. The van der Waals surface area contributed by atoms with Crippen LogP contribution in [-0.2, 0) is 0 Å². The van der Waals surface area contributed by atoms with Crippen molar-refractivity contribution in [1.82, 2.24) is 10.3 Å². The van der Waals surface area contributed by atoms with E-state index in [1.807, 2.05) is 30.3 Å². The Morgan fingerprint density at radius 3 is 2.87 bits per heavy atom. The third-order valence-electron chi connectivity index (χ3n) is 4.24. The predicted octanol–water partition coefficient (Wildman–Crippen LogP) is 3.33. The van der Waals surface area contributed by atoms with Crippen LogP contribution in [0.2, 0.25) is 0 Å². The maximum Gasteiger partial charge on any atom is 0.251 e. The number of carbonyl (C=O) groups excluding carboxylic acids is 1. The molecule has 1 aromatic heterocycles. The molecule has 0 spiro atoms. The summed E-state index contributed by atoms with van der Waals surface area (Å²) in [6.07, 6.45) is 6.22. The summed E-state index contributed by atoms with van der Waals surface area (Å²) >= 11 is 0. The van der Waals surface area contributed by atoms with Crippen LogP contribution in [-0.4, -0.2) is 23.5 Å². The monoisotopic (exact) mass is 355 g/mol. The molecule has 23 heavy (non-hydrogen) atoms. The van der Waals surface area contributed by atoms with Crippen molar-refractivity contribution in [2.45, 2.75) is 31.7 Å². The molecule has 4 nitrogen and oxygen atoms in total. The van der Waals surface area contributed by atoms with Gasteiger partial charge in [-0.15, -0.1) is 24.8 Å². The van der Waals surface area contributed by atoms with E-state index in [9.17, 15) is 4.79 Å². The quantitative estimate of drug-likeness (QED) is 0.887. The van der Waals surface area contributed by atoms with Crippen molar-refractivity contribution in [2.75, 3.05) is 6.54 Å². The fourth-order valence-electron chi connectivity index (χ4n) is 3.07. The Hall–Kier alpha value is -1.36. The van der Waals surface area contributed by atoms with Crippen molar-refractivity contribution in [3.63, 3.8) is 0 Å². The largest absolute Gasteiger partial charge is 0.352 e. The number of rotatable bonds is 3. The lowest BCUT2D eigenvalue weighted by atomic mass is 9.86. The van der Waals surface area contributed by atoms with E-state index in [1.54, 1.807) is 6.20 Å². The average Bonchev–Trinajstić information content (AvgIpc) is 2.52. The second-order valence-corrected chi connectivity index (χ2v) is 5.91. The van der Waals surface area contributed by atoms with Crippen molar-refractivity contribution < 1.29 is 4.79 Å². The highest BCUT2D eigenvalue weighted by Crippen LogP contribution is 2.22. The fourth-order valence-corrected chi connectivity index (χ4v) is 3.07. The Balaban J connectivity index is 0.00000132. The highest BCUT2D eigenvalue weighted by molar-refractivity contribution is 5.97. The average molecular weight is 356 g/mol. The van der Waals surface area contributed by atoms with Gasteiger partial charge in [-0.2, -0.15) is 0 Å². The van der Waals surface area contributed by atoms with E-state index in [0.29, 0.717) is 17.5 Å². The lowest BCUT2D eigenvalue weighted by molar-refractivity contribution is 0.0942. The number of hydrogen-bond acceptors (Lipinski definition) is 3. The fraction of sp³-hybridized carbons (Fsp3) is 0.412. The van der Waals surface area contributed by atoms with Crippen LogP contribution in [0.25, 0.3) is 10.9 Å². The lowest BCUT2D eigenvalue weighted by Crippen LogP contribution is -2.35. The number of amides is 1. The molecule has 2 atom stereocenters. The molecule has 1 heterocycles. The highest BCUT2D eigenvalue weighted by Gasteiger charge is 2.19. The molecular formula is C17H23Cl2N3O. The second-order valence-electron chi connectivity index (χ2n) is 5.91. The van der Waals surface area contributed by atoms with E-state index in [2.05, 4.69) is 10.3 Å². The zero-order valence-corrected chi connectivity index (χ0v) is 14.5. The number of nitrogens with zero attached hydrogens (tertiary/aromatic N) is 1. The minimum absolute atomic E-state index is 0. The molecule has 1 aliphatic rings. The molecule has 1 aliphatic carbocycles. The van der Waals surface area contributed by atoms with Crippen LogP contribution in [0, 0.1) is 5.92 Å². The molecule has 6 heteroatoms. The van der Waals surface area contributed by atoms with E-state index in [0.717, 1.165) is 36.7 Å². The first-order chi connectivity index (χ1) is 10.2. The van der Waals surface area contributed by atoms with Gasteiger partial charge in [-0.25, -0.2) is 0 Å². The molecular weight excluding hydrogens is 333 g/mol. The minimum Gasteiger partial charge on any atom is -0.352 e. The normalized spacial score (nSPS) is 20.2. The van der Waals surface area contributed by atoms with Crippen LogP contribution in [0.15, 0.2) is 36.5 Å². The maximum absolute atomic E-state index is 12.2. The van der Waals surface area contributed by atoms with Gasteiger partial charge in [0.15, 0.2) is 0 Å². The van der Waals surface area contributed by atoms with Crippen molar-refractivity contribution in [1.29, 1.82) is 0 Å². The standard InChI is InChI=1S/C17H21N3O.2ClH/c18-15-5-1-3-12(9-15)11-20-17(21)14-6-7-16-13(10-14)4-2-8-19-16;;/h2,4,6-8,10,12,15H,1,3,5,9,11,18H2,(H,20,21);2*1H. The molecule has 2 aromatic rings. The van der Waals surface area contributed by atoms with Crippen LogP contribution in [0.3, 0.4) is 0 Å². The third kappa shape index (κ3) is 5.06. The number of halogens is 2. The summed E-state index contributed by atoms with van der Waals surface area (Å²) in [4.78, 5) is 16.5. The number of nitrogens with one attached hydrogen (secondary N) is 1. The zero-order valence-electron chi connectivity index (χ0n) is 12.9. The van der Waals surface area contributed by atoms with Crippen molar-refractivity contribution in [3.05, 3.63) is 42.1 Å². The van der Waals surface area contributed by atoms with Crippen LogP contribution in [0.1, 0.15) is 36.0 Å². The molecule has 0 aliphatic heterocycles. The summed E-state index contributed by atoms with van der Waals surface area (Å²) in [7, 11) is 0. The molecule has 0 radical (unpaired) electrons. The Morgan fingerprint density at radius 2 is 2.09 bits per heavy atom. The van der Waals surface area contributed by atoms with Gasteiger partial charge in [0.05, 0.1) is 5.52 Å². The number of fused-ring (bicyclic) bond motifs is 1. The van der Waals surface area contributed by atoms with Gasteiger partial charge in [0, 0.05) is 29.7 Å². The van der Waals surface area contributed by atoms with Crippen LogP contribution in [0.5, 0.6) is 0 Å². The summed E-state index contributed by atoms with van der Waals surface area (Å²) < 4.78 is 0. The Labute approximate surface area is 149 Å². The SMILES string of the molecule is Cl.Cl.NC1CCCC(CNC(=O)c2ccc3ncccc3c2)C1. The van der Waals surface area contributed by atoms with Gasteiger partial charge in [0.1, 0.15) is 0 Å². The maximum atomic E-state index is 12.2. The number of benzene rings is 1. The minimum atomic E-state index is -0.0140. The third-order valence-corrected chi connectivity index (χ3v) is 4.24. The van der Waals surface area contributed by atoms with Crippen molar-refractivity contribution in [2.24, 2.45) is 11.7 Å². The Bertz CT molecular complexity index is 651. The molecule has 2 unspecified atom stereocenters. The smallest absolute Gasteiger partial charge is 0.251 e. The molecule has 1 amide bonds. The Kier molecular flexibility index (Phi) is 7.76. The van der Waals surface area contributed by atoms with E-state index in [1.165, 1.54) is 6.42 Å². The van der Waals surface area contributed by atoms with Gasteiger partial charge in [-0.05, 0) is 49.4 Å². The van der Waals surface area contributed by atoms with Gasteiger partial charge in [0.25, 0.3) is 5.91 Å². The number of pyridine rings is 1. The summed E-state index contributed by atoms with van der Waals surface area (Å²) in [5, 5.41) is 4.03. The molecule has 0 saturated heterocycles. The summed E-state index contributed by atoms with van der Waals surface area (Å²) in [6.45, 7) is 0.720. The van der Waals surface area contributed by atoms with Crippen LogP contribution >= 0.6 is 24.8 Å². The highest BCUT2D eigenvalue weighted by atomic mass is 35.5. The van der Waals surface area contributed by atoms with E-state index >= 15 is 0 Å². The first-order valence-corrected chi connectivity index (χ1v) is 7.61. The van der Waals surface area contributed by atoms with Gasteiger partial charge < -0.3 is 11.1 Å². The summed E-state index contributed by atoms with van der Waals surface area (Å²) in [5.41, 5.74) is 7.59. The van der Waals surface area contributed by atoms with E-state index < -0.39 is 0 Å². The van der Waals surface area contributed by atoms with Crippen LogP contribution < -0.4 is 11.1 Å². The number of hydrogen-bond donors (Lipinski definition) is 2. The molecule has 3 rings (SSSR count). The Morgan fingerprint density at radius 1 is 1.26 bits per heavy atom. The molecule has 126 valence electrons. The molecule has 0 bridgehead atoms. The van der Waals surface area contributed by atoms with Gasteiger partial charge in [0.2, 0.25) is 0 Å². The second kappa shape index (κ2) is 9.06. The van der Waals surface area contributed by atoms with Gasteiger partial charge in [-0.3, -0.25) is 9.78 Å². The zero-order chi connectivity index (χ0) is 14.7. The van der Waals surface area contributed by atoms with Crippen LogP contribution in [0.4, 0.5) is 0 Å². The topological polar surface area (TPSA) is 68.0 Å². The number of aromatic nitrogens is 1. The lowest BCUT2D eigenvalue weighted by Gasteiger charge is -2.26. The van der Waals surface area contributed by atoms with Crippen molar-refractivity contribution >= 4 is 41.6 Å². The number of nitrogens with two attached hydrogens (primary N) is 1. The predicted molar refractivity (Wildman–Crippen MR) is 98.5 cm³/mol.